The van der Waals surface area contributed by atoms with E-state index in [0.29, 0.717) is 18.8 Å². The Hall–Kier alpha value is -7.24. The lowest BCUT2D eigenvalue weighted by atomic mass is 9.84. The Morgan fingerprint density at radius 2 is 1.11 bits per heavy atom. The Labute approximate surface area is 505 Å². The van der Waals surface area contributed by atoms with E-state index < -0.39 is 0 Å². The molecule has 0 spiro atoms. The summed E-state index contributed by atoms with van der Waals surface area (Å²) in [4.78, 5) is 50.7. The molecule has 7 rings (SSSR count). The second-order valence-corrected chi connectivity index (χ2v) is 19.8. The molecule has 0 atom stereocenters. The van der Waals surface area contributed by atoms with Gasteiger partial charge < -0.3 is 49.1 Å². The topological polar surface area (TPSA) is 217 Å². The van der Waals surface area contributed by atoms with Crippen LogP contribution in [0.1, 0.15) is 162 Å². The van der Waals surface area contributed by atoms with Gasteiger partial charge >= 0.3 is 5.97 Å². The molecule has 84 heavy (non-hydrogen) atoms. The Morgan fingerprint density at radius 3 is 1.52 bits per heavy atom. The van der Waals surface area contributed by atoms with Gasteiger partial charge in [-0.1, -0.05) is 132 Å². The van der Waals surface area contributed by atoms with E-state index in [-0.39, 0.29) is 18.9 Å². The summed E-state index contributed by atoms with van der Waals surface area (Å²) in [7, 11) is 4.69. The summed E-state index contributed by atoms with van der Waals surface area (Å²) in [6.45, 7) is 20.1. The minimum Gasteiger partial charge on any atom is -0.494 e. The Bertz CT molecular complexity index is 2380. The van der Waals surface area contributed by atoms with Gasteiger partial charge in [-0.15, -0.1) is 11.3 Å². The molecule has 1 aromatic heterocycles. The number of unbranched alkanes of at least 4 members (excludes halogenated alkanes) is 6. The van der Waals surface area contributed by atoms with Crippen molar-refractivity contribution in [2.24, 2.45) is 0 Å². The first kappa shape index (κ1) is 78.8. The third-order valence-electron chi connectivity index (χ3n) is 12.7. The fraction of sp³-hybridized carbons (Fsp3) is 0.441. The molecule has 464 valence electrons. The molecule has 0 aliphatic heterocycles. The van der Waals surface area contributed by atoms with Gasteiger partial charge in [0.2, 0.25) is 0 Å². The molecule has 2 aliphatic rings. The molecular weight excluding hydrogens is 1080 g/mol. The van der Waals surface area contributed by atoms with Crippen LogP contribution in [0.15, 0.2) is 129 Å². The summed E-state index contributed by atoms with van der Waals surface area (Å²) in [6.07, 6.45) is 30.9. The summed E-state index contributed by atoms with van der Waals surface area (Å²) in [5.74, 6) is 3.74. The average molecular weight is 1180 g/mol. The van der Waals surface area contributed by atoms with Gasteiger partial charge in [0.25, 0.3) is 19.4 Å². The van der Waals surface area contributed by atoms with Gasteiger partial charge in [0, 0.05) is 32.5 Å². The van der Waals surface area contributed by atoms with Crippen molar-refractivity contribution >= 4 is 65.9 Å². The summed E-state index contributed by atoms with van der Waals surface area (Å²) in [5, 5.41) is 24.6. The lowest BCUT2D eigenvalue weighted by Crippen LogP contribution is -2.04. The lowest BCUT2D eigenvalue weighted by Gasteiger charge is -2.22. The molecule has 0 bridgehead atoms. The van der Waals surface area contributed by atoms with Crippen molar-refractivity contribution in [1.29, 1.82) is 0 Å². The number of carboxylic acid groups (broad SMARTS) is 2. The third-order valence-corrected chi connectivity index (χ3v) is 13.7. The number of rotatable bonds is 25. The lowest BCUT2D eigenvalue weighted by molar-refractivity contribution is -0.138. The van der Waals surface area contributed by atoms with Crippen LogP contribution in [0.2, 0.25) is 0 Å². The molecule has 0 unspecified atom stereocenters. The number of aliphatic hydroxyl groups excluding tert-OH is 1. The summed E-state index contributed by atoms with van der Waals surface area (Å²) in [5.41, 5.74) is 5.94. The van der Waals surface area contributed by atoms with E-state index in [1.807, 2.05) is 63.2 Å². The van der Waals surface area contributed by atoms with Gasteiger partial charge in [-0.05, 0) is 175 Å². The van der Waals surface area contributed by atoms with Crippen molar-refractivity contribution in [3.05, 3.63) is 156 Å². The zero-order valence-corrected chi connectivity index (χ0v) is 51.6. The van der Waals surface area contributed by atoms with E-state index in [9.17, 15) is 9.59 Å². The second-order valence-electron chi connectivity index (χ2n) is 18.7. The number of nitrogens with zero attached hydrogens (tertiary/aromatic N) is 1. The van der Waals surface area contributed by atoms with Gasteiger partial charge in [-0.2, -0.15) is 0 Å². The van der Waals surface area contributed by atoms with E-state index in [1.54, 1.807) is 36.7 Å². The van der Waals surface area contributed by atoms with Gasteiger partial charge in [0.1, 0.15) is 29.0 Å². The molecule has 2 saturated carbocycles. The number of allylic oxidation sites excluding steroid dienone is 2. The highest BCUT2D eigenvalue weighted by molar-refractivity contribution is 7.19. The van der Waals surface area contributed by atoms with Crippen molar-refractivity contribution < 1.29 is 63.0 Å². The number of thiazole rings is 1. The van der Waals surface area contributed by atoms with Crippen LogP contribution in [-0.4, -0.2) is 107 Å². The predicted octanol–water partition coefficient (Wildman–Crippen LogP) is 15.4. The maximum atomic E-state index is 10.9. The normalized spacial score (nSPS) is 12.1. The average Bonchev–Trinajstić information content (AvgIpc) is 4.12. The number of aromatic nitrogens is 1. The minimum atomic E-state index is -0.338. The molecule has 4 N–H and O–H groups in total. The van der Waals surface area contributed by atoms with Crippen LogP contribution < -0.4 is 19.5 Å². The SMILES string of the molecule is C=CC(=O)OCCCCCCOc1ccc(C2CCCCC2)cc1.C=CC=C.C=O.CCNC.CO.COCCCCCCOc1ccc(C2CCCCC2)cc1.Cc1ccc(OC=O)c(/C=C/c2nc3ccccc3s2)c1.O=CO.O=CO. The molecule has 2 fully saturated rings. The quantitative estimate of drug-likeness (QED) is 0.0140. The maximum absolute atomic E-state index is 10.9. The first-order valence-corrected chi connectivity index (χ1v) is 29.7. The number of ether oxygens (including phenoxy) is 5. The number of esters is 1. The van der Waals surface area contributed by atoms with Gasteiger partial charge in [-0.25, -0.2) is 9.78 Å². The monoisotopic (exact) mass is 1180 g/mol. The molecule has 4 aromatic carbocycles. The Kier molecular flexibility index (Phi) is 54.0. The number of carbonyl (C=O) groups is 5. The van der Waals surface area contributed by atoms with Gasteiger partial charge in [-0.3, -0.25) is 14.4 Å². The number of carbonyl (C=O) groups excluding carboxylic acids is 3. The molecule has 0 amide bonds. The standard InChI is InChI=1S/C21H30O3.C19H30O2.C17H13NO2S.C4H6.C3H9N.2CH2O2.CH4O.CH2O/c1-2-21(22)24-17-9-4-3-8-16-23-20-14-12-19(13-15-20)18-10-6-5-7-11-18;1-20-15-7-2-3-8-16-21-19-13-11-18(12-14-19)17-9-5-4-6-10-17;1-12-6-8-15(20-11-19)13(10-12)7-9-17-18-14-4-2-3-5-16(14)21-17;2*1-3-4-2;2*2-1-3;2*1-2/h2,12-15,18H,1,3-11,16-17H2;11-14,17H,2-10,15-16H2,1H3;2-11H,1H3;3-4H,1-2H2;4H,3H2,1-2H3;2*1H,(H,2,3);2H,1H3;1H2/b;;9-7+;;;;;;. The summed E-state index contributed by atoms with van der Waals surface area (Å²) in [6, 6.07) is 31.2. The zero-order chi connectivity index (χ0) is 62.7. The predicted molar refractivity (Wildman–Crippen MR) is 345 cm³/mol. The van der Waals surface area contributed by atoms with E-state index in [1.165, 1.54) is 94.3 Å². The molecule has 2 aliphatic carbocycles. The smallest absolute Gasteiger partial charge is 0.330 e. The van der Waals surface area contributed by atoms with Crippen LogP contribution in [0.4, 0.5) is 0 Å². The Balaban J connectivity index is 0. The fourth-order valence-electron chi connectivity index (χ4n) is 8.50. The van der Waals surface area contributed by atoms with Crippen LogP contribution >= 0.6 is 11.3 Å². The number of aryl methyl sites for hydroxylation is 1. The third kappa shape index (κ3) is 40.1. The summed E-state index contributed by atoms with van der Waals surface area (Å²) < 4.78 is 27.8. The Morgan fingerprint density at radius 1 is 0.655 bits per heavy atom. The van der Waals surface area contributed by atoms with Crippen molar-refractivity contribution in [3.8, 4) is 17.2 Å². The largest absolute Gasteiger partial charge is 0.494 e. The van der Waals surface area contributed by atoms with Crippen molar-refractivity contribution in [2.45, 2.75) is 141 Å². The van der Waals surface area contributed by atoms with Crippen molar-refractivity contribution in [1.82, 2.24) is 10.3 Å². The minimum absolute atomic E-state index is 0.250. The maximum Gasteiger partial charge on any atom is 0.330 e. The van der Waals surface area contributed by atoms with Crippen molar-refractivity contribution in [2.75, 3.05) is 54.2 Å². The number of aliphatic hydroxyl groups is 1. The first-order valence-electron chi connectivity index (χ1n) is 28.9. The van der Waals surface area contributed by atoms with E-state index >= 15 is 0 Å². The fourth-order valence-corrected chi connectivity index (χ4v) is 9.37. The molecule has 1 heterocycles. The number of methoxy groups -OCH3 is 1. The van der Waals surface area contributed by atoms with E-state index in [0.717, 1.165) is 122 Å². The van der Waals surface area contributed by atoms with Gasteiger partial charge in [0.15, 0.2) is 0 Å². The van der Waals surface area contributed by atoms with Crippen LogP contribution in [-0.2, 0) is 33.4 Å². The number of nitrogens with one attached hydrogen (secondary N) is 1. The molecule has 0 saturated heterocycles. The first-order chi connectivity index (χ1) is 41.1. The molecule has 0 radical (unpaired) electrons. The van der Waals surface area contributed by atoms with Crippen LogP contribution in [0.5, 0.6) is 17.2 Å². The second kappa shape index (κ2) is 57.6. The van der Waals surface area contributed by atoms with Crippen LogP contribution in [0.3, 0.4) is 0 Å². The van der Waals surface area contributed by atoms with Crippen LogP contribution in [0, 0.1) is 6.92 Å². The molecule has 16 heteroatoms. The van der Waals surface area contributed by atoms with Crippen LogP contribution in [0.25, 0.3) is 22.4 Å². The number of benzene rings is 4. The van der Waals surface area contributed by atoms with Crippen molar-refractivity contribution in [3.63, 3.8) is 0 Å². The number of hydrogen-bond acceptors (Lipinski definition) is 14. The van der Waals surface area contributed by atoms with E-state index in [2.05, 4.69) is 91.6 Å². The highest BCUT2D eigenvalue weighted by Gasteiger charge is 2.16. The molecular formula is C68H98N2O13S. The van der Waals surface area contributed by atoms with E-state index in [4.69, 9.17) is 53.4 Å². The molecule has 5 aromatic rings. The highest BCUT2D eigenvalue weighted by Crippen LogP contribution is 2.35. The molecule has 15 nitrogen and oxygen atoms in total. The summed E-state index contributed by atoms with van der Waals surface area (Å²) >= 11 is 1.63. The van der Waals surface area contributed by atoms with Gasteiger partial charge in [0.05, 0.1) is 30.0 Å². The number of para-hydroxylation sites is 1. The number of hydrogen-bond donors (Lipinski definition) is 4. The number of fused-ring (bicyclic) bond motifs is 1. The highest BCUT2D eigenvalue weighted by atomic mass is 32.1. The zero-order valence-electron chi connectivity index (χ0n) is 50.8.